The Hall–Kier alpha value is -2.70. The van der Waals surface area contributed by atoms with E-state index in [4.69, 9.17) is 32.7 Å². The van der Waals surface area contributed by atoms with Gasteiger partial charge in [0, 0.05) is 15.6 Å². The van der Waals surface area contributed by atoms with E-state index >= 15 is 0 Å². The molecule has 2 aromatic carbocycles. The Morgan fingerprint density at radius 2 is 1.81 bits per heavy atom. The average molecular weight is 390 g/mol. The van der Waals surface area contributed by atoms with Crippen LogP contribution in [-0.2, 0) is 4.74 Å². The molecule has 1 heterocycles. The summed E-state index contributed by atoms with van der Waals surface area (Å²) in [6.45, 7) is 1.88. The molecule has 0 aliphatic heterocycles. The summed E-state index contributed by atoms with van der Waals surface area (Å²) in [6, 6.07) is 13.6. The number of hydrogen-bond donors (Lipinski definition) is 0. The number of hydrogen-bond acceptors (Lipinski definition) is 6. The zero-order chi connectivity index (χ0) is 18.5. The van der Waals surface area contributed by atoms with E-state index in [-0.39, 0.29) is 24.0 Å². The molecular weight excluding hydrogens is 377 g/mol. The van der Waals surface area contributed by atoms with E-state index in [1.165, 1.54) is 0 Å². The monoisotopic (exact) mass is 389 g/mol. The quantitative estimate of drug-likeness (QED) is 0.582. The highest BCUT2D eigenvalue weighted by Crippen LogP contribution is 2.27. The molecule has 0 radical (unpaired) electrons. The van der Waals surface area contributed by atoms with Gasteiger partial charge in [0.2, 0.25) is 5.69 Å². The van der Waals surface area contributed by atoms with Gasteiger partial charge in [0.15, 0.2) is 5.82 Å². The molecule has 0 aliphatic rings. The summed E-state index contributed by atoms with van der Waals surface area (Å²) in [4.78, 5) is 16.4. The Morgan fingerprint density at radius 1 is 1.04 bits per heavy atom. The zero-order valence-corrected chi connectivity index (χ0v) is 15.2. The second-order valence-corrected chi connectivity index (χ2v) is 5.95. The molecule has 132 valence electrons. The molecule has 0 bridgehead atoms. The first-order chi connectivity index (χ1) is 12.6. The van der Waals surface area contributed by atoms with E-state index < -0.39 is 5.97 Å². The van der Waals surface area contributed by atoms with Gasteiger partial charge in [-0.2, -0.15) is 4.98 Å². The fourth-order valence-electron chi connectivity index (χ4n) is 2.07. The smallest absolute Gasteiger partial charge is 0.364 e. The van der Waals surface area contributed by atoms with Crippen molar-refractivity contribution >= 4 is 29.2 Å². The number of rotatable bonds is 5. The van der Waals surface area contributed by atoms with Gasteiger partial charge in [-0.05, 0) is 43.3 Å². The van der Waals surface area contributed by atoms with Crippen molar-refractivity contribution in [1.29, 1.82) is 0 Å². The maximum absolute atomic E-state index is 12.1. The molecule has 0 saturated heterocycles. The highest BCUT2D eigenvalue weighted by Gasteiger charge is 2.21. The van der Waals surface area contributed by atoms with Crippen molar-refractivity contribution in [3.63, 3.8) is 0 Å². The third-order valence-electron chi connectivity index (χ3n) is 3.23. The molecule has 0 fully saturated rings. The van der Waals surface area contributed by atoms with Crippen LogP contribution in [0.3, 0.4) is 0 Å². The van der Waals surface area contributed by atoms with E-state index in [9.17, 15) is 4.79 Å². The van der Waals surface area contributed by atoms with Crippen molar-refractivity contribution in [2.45, 2.75) is 6.92 Å². The Labute approximate surface area is 159 Å². The zero-order valence-electron chi connectivity index (χ0n) is 13.6. The fraction of sp³-hybridized carbons (Fsp3) is 0.111. The Balaban J connectivity index is 2.02. The first-order valence-electron chi connectivity index (χ1n) is 7.68. The minimum atomic E-state index is -0.672. The second-order valence-electron chi connectivity index (χ2n) is 5.08. The van der Waals surface area contributed by atoms with Crippen LogP contribution < -0.4 is 4.74 Å². The summed E-state index contributed by atoms with van der Waals surface area (Å²) < 4.78 is 10.7. The maximum atomic E-state index is 12.1. The molecule has 0 spiro atoms. The lowest BCUT2D eigenvalue weighted by Gasteiger charge is -2.10. The van der Waals surface area contributed by atoms with E-state index in [0.717, 1.165) is 0 Å². The predicted octanol–water partition coefficient (Wildman–Crippen LogP) is 4.81. The lowest BCUT2D eigenvalue weighted by molar-refractivity contribution is 0.0514. The standard InChI is InChI=1S/C18H13Cl2N3O3/c1-2-25-18(24)15-17(26-14-8-6-12(19)7-9-14)21-16(23-22-15)11-4-3-5-13(20)10-11/h3-10H,2H2,1H3. The number of nitrogens with zero attached hydrogens (tertiary/aromatic N) is 3. The lowest BCUT2D eigenvalue weighted by Crippen LogP contribution is -2.12. The fourth-order valence-corrected chi connectivity index (χ4v) is 2.39. The average Bonchev–Trinajstić information content (AvgIpc) is 2.64. The predicted molar refractivity (Wildman–Crippen MR) is 97.8 cm³/mol. The van der Waals surface area contributed by atoms with Gasteiger partial charge in [0.05, 0.1) is 6.61 Å². The maximum Gasteiger partial charge on any atom is 0.364 e. The van der Waals surface area contributed by atoms with Gasteiger partial charge in [0.1, 0.15) is 5.75 Å². The van der Waals surface area contributed by atoms with Gasteiger partial charge in [0.25, 0.3) is 5.88 Å². The van der Waals surface area contributed by atoms with Crippen LogP contribution >= 0.6 is 23.2 Å². The summed E-state index contributed by atoms with van der Waals surface area (Å²) in [5.41, 5.74) is 0.522. The Morgan fingerprint density at radius 3 is 2.50 bits per heavy atom. The topological polar surface area (TPSA) is 74.2 Å². The van der Waals surface area contributed by atoms with Crippen molar-refractivity contribution in [3.05, 3.63) is 64.3 Å². The van der Waals surface area contributed by atoms with Crippen molar-refractivity contribution in [3.8, 4) is 23.0 Å². The number of esters is 1. The third-order valence-corrected chi connectivity index (χ3v) is 3.72. The number of carbonyl (C=O) groups is 1. The highest BCUT2D eigenvalue weighted by atomic mass is 35.5. The summed E-state index contributed by atoms with van der Waals surface area (Å²) >= 11 is 11.9. The normalized spacial score (nSPS) is 10.4. The van der Waals surface area contributed by atoms with Crippen LogP contribution in [0.1, 0.15) is 17.4 Å². The van der Waals surface area contributed by atoms with Gasteiger partial charge >= 0.3 is 5.97 Å². The molecule has 0 saturated carbocycles. The number of aromatic nitrogens is 3. The van der Waals surface area contributed by atoms with Gasteiger partial charge in [-0.3, -0.25) is 0 Å². The molecule has 0 unspecified atom stereocenters. The second kappa shape index (κ2) is 8.12. The molecule has 0 N–H and O–H groups in total. The summed E-state index contributed by atoms with van der Waals surface area (Å²) in [7, 11) is 0. The number of halogens is 2. The highest BCUT2D eigenvalue weighted by molar-refractivity contribution is 6.31. The molecule has 3 rings (SSSR count). The SMILES string of the molecule is CCOC(=O)c1nnc(-c2cccc(Cl)c2)nc1Oc1ccc(Cl)cc1. The number of benzene rings is 2. The van der Waals surface area contributed by atoms with Gasteiger partial charge in [-0.1, -0.05) is 35.3 Å². The van der Waals surface area contributed by atoms with Crippen LogP contribution in [0, 0.1) is 0 Å². The van der Waals surface area contributed by atoms with Crippen molar-refractivity contribution in [1.82, 2.24) is 15.2 Å². The van der Waals surface area contributed by atoms with Crippen molar-refractivity contribution in [2.75, 3.05) is 6.61 Å². The number of ether oxygens (including phenoxy) is 2. The molecule has 8 heteroatoms. The molecular formula is C18H13Cl2N3O3. The Kier molecular flexibility index (Phi) is 5.65. The van der Waals surface area contributed by atoms with Crippen LogP contribution in [0.2, 0.25) is 10.0 Å². The van der Waals surface area contributed by atoms with E-state index in [1.807, 2.05) is 0 Å². The van der Waals surface area contributed by atoms with Crippen LogP contribution in [-0.4, -0.2) is 27.8 Å². The minimum Gasteiger partial charge on any atom is -0.461 e. The molecule has 6 nitrogen and oxygen atoms in total. The molecule has 0 atom stereocenters. The van der Waals surface area contributed by atoms with Crippen LogP contribution in [0.15, 0.2) is 48.5 Å². The van der Waals surface area contributed by atoms with E-state index in [1.54, 1.807) is 55.5 Å². The molecule has 1 aromatic heterocycles. The van der Waals surface area contributed by atoms with Gasteiger partial charge in [-0.15, -0.1) is 10.2 Å². The van der Waals surface area contributed by atoms with Crippen molar-refractivity contribution < 1.29 is 14.3 Å². The number of carbonyl (C=O) groups excluding carboxylic acids is 1. The van der Waals surface area contributed by atoms with Gasteiger partial charge in [-0.25, -0.2) is 4.79 Å². The van der Waals surface area contributed by atoms with Gasteiger partial charge < -0.3 is 9.47 Å². The van der Waals surface area contributed by atoms with E-state index in [2.05, 4.69) is 15.2 Å². The summed E-state index contributed by atoms with van der Waals surface area (Å²) in [5, 5.41) is 9.01. The molecule has 0 aliphatic carbocycles. The summed E-state index contributed by atoms with van der Waals surface area (Å²) in [5.74, 6) is 0.0202. The largest absolute Gasteiger partial charge is 0.461 e. The molecule has 3 aromatic rings. The van der Waals surface area contributed by atoms with Crippen LogP contribution in [0.5, 0.6) is 11.6 Å². The Bertz CT molecular complexity index is 933. The molecule has 26 heavy (non-hydrogen) atoms. The van der Waals surface area contributed by atoms with E-state index in [0.29, 0.717) is 21.4 Å². The van der Waals surface area contributed by atoms with Crippen LogP contribution in [0.4, 0.5) is 0 Å². The van der Waals surface area contributed by atoms with Crippen molar-refractivity contribution in [2.24, 2.45) is 0 Å². The summed E-state index contributed by atoms with van der Waals surface area (Å²) in [6.07, 6.45) is 0. The first kappa shape index (κ1) is 18.1. The molecule has 0 amide bonds. The first-order valence-corrected chi connectivity index (χ1v) is 8.43. The third kappa shape index (κ3) is 4.28. The lowest BCUT2D eigenvalue weighted by atomic mass is 10.2. The van der Waals surface area contributed by atoms with Crippen LogP contribution in [0.25, 0.3) is 11.4 Å². The minimum absolute atomic E-state index is 0.0178.